The maximum absolute atomic E-state index is 10.5. The maximum Gasteiger partial charge on any atom is 0.307 e. The Morgan fingerprint density at radius 2 is 1.33 bits per heavy atom. The number of hydrogen-bond donors (Lipinski definition) is 3. The molecule has 0 spiro atoms. The monoisotopic (exact) mass is 174 g/mol. The van der Waals surface area contributed by atoms with Crippen molar-refractivity contribution in [2.45, 2.75) is 18.9 Å². The summed E-state index contributed by atoms with van der Waals surface area (Å²) >= 11 is 0. The van der Waals surface area contributed by atoms with Gasteiger partial charge in [0.25, 0.3) is 0 Å². The van der Waals surface area contributed by atoms with E-state index < -0.39 is 29.9 Å². The molecule has 2 atom stereocenters. The van der Waals surface area contributed by atoms with Gasteiger partial charge in [-0.15, -0.1) is 0 Å². The number of rotatable bonds is 2. The Bertz CT molecular complexity index is 190. The van der Waals surface area contributed by atoms with Gasteiger partial charge < -0.3 is 15.3 Å². The van der Waals surface area contributed by atoms with Gasteiger partial charge in [-0.2, -0.15) is 0 Å². The zero-order valence-electron chi connectivity index (χ0n) is 6.30. The van der Waals surface area contributed by atoms with Crippen LogP contribution in [0, 0.1) is 11.8 Å². The van der Waals surface area contributed by atoms with E-state index in [1.807, 2.05) is 0 Å². The highest BCUT2D eigenvalue weighted by Gasteiger charge is 2.42. The number of hydrogen-bond acceptors (Lipinski definition) is 3. The molecule has 0 saturated heterocycles. The molecule has 1 fully saturated rings. The topological polar surface area (TPSA) is 94.8 Å². The zero-order valence-corrected chi connectivity index (χ0v) is 6.30. The van der Waals surface area contributed by atoms with E-state index in [0.717, 1.165) is 0 Å². The van der Waals surface area contributed by atoms with E-state index >= 15 is 0 Å². The Hall–Kier alpha value is -1.10. The Labute approximate surface area is 68.6 Å². The Morgan fingerprint density at radius 3 is 1.58 bits per heavy atom. The molecule has 1 rings (SSSR count). The summed E-state index contributed by atoms with van der Waals surface area (Å²) in [4.78, 5) is 21.0. The van der Waals surface area contributed by atoms with Gasteiger partial charge in [-0.05, 0) is 12.8 Å². The van der Waals surface area contributed by atoms with Crippen LogP contribution in [-0.4, -0.2) is 33.4 Å². The van der Waals surface area contributed by atoms with Crippen LogP contribution < -0.4 is 0 Å². The fraction of sp³-hybridized carbons (Fsp3) is 0.714. The lowest BCUT2D eigenvalue weighted by atomic mass is 9.97. The highest BCUT2D eigenvalue weighted by Crippen LogP contribution is 2.32. The van der Waals surface area contributed by atoms with Crippen molar-refractivity contribution < 1.29 is 24.9 Å². The first-order valence-corrected chi connectivity index (χ1v) is 3.66. The summed E-state index contributed by atoms with van der Waals surface area (Å²) in [7, 11) is 0. The van der Waals surface area contributed by atoms with E-state index in [2.05, 4.69) is 0 Å². The van der Waals surface area contributed by atoms with E-state index in [4.69, 9.17) is 15.3 Å². The summed E-state index contributed by atoms with van der Waals surface area (Å²) in [5.41, 5.74) is 0. The molecule has 5 nitrogen and oxygen atoms in total. The standard InChI is InChI=1S/C7H10O5/c8-3-1-4(6(9)10)5(2-3)7(11)12/h3-5,8H,1-2H2,(H,9,10)(H,11,12)/t4-,5-/m0/s1. The van der Waals surface area contributed by atoms with Crippen LogP contribution in [0.1, 0.15) is 12.8 Å². The van der Waals surface area contributed by atoms with Crippen molar-refractivity contribution >= 4 is 11.9 Å². The molecule has 0 bridgehead atoms. The molecule has 68 valence electrons. The molecule has 1 saturated carbocycles. The summed E-state index contributed by atoms with van der Waals surface area (Å²) in [5, 5.41) is 26.2. The van der Waals surface area contributed by atoms with Crippen molar-refractivity contribution in [2.75, 3.05) is 0 Å². The largest absolute Gasteiger partial charge is 0.481 e. The van der Waals surface area contributed by atoms with Crippen LogP contribution in [0.3, 0.4) is 0 Å². The van der Waals surface area contributed by atoms with Gasteiger partial charge in [-0.25, -0.2) is 0 Å². The summed E-state index contributed by atoms with van der Waals surface area (Å²) in [5.74, 6) is -4.15. The summed E-state index contributed by atoms with van der Waals surface area (Å²) in [6, 6.07) is 0. The second-order valence-corrected chi connectivity index (χ2v) is 3.01. The summed E-state index contributed by atoms with van der Waals surface area (Å²) in [6.07, 6.45) is -0.689. The minimum Gasteiger partial charge on any atom is -0.481 e. The van der Waals surface area contributed by atoms with Crippen molar-refractivity contribution in [3.05, 3.63) is 0 Å². The zero-order chi connectivity index (χ0) is 9.30. The Morgan fingerprint density at radius 1 is 1.00 bits per heavy atom. The predicted octanol–water partition coefficient (Wildman–Crippen LogP) is -0.457. The molecular weight excluding hydrogens is 164 g/mol. The predicted molar refractivity (Wildman–Crippen MR) is 37.5 cm³/mol. The highest BCUT2D eigenvalue weighted by molar-refractivity contribution is 5.80. The van der Waals surface area contributed by atoms with Gasteiger partial charge >= 0.3 is 11.9 Å². The molecular formula is C7H10O5. The van der Waals surface area contributed by atoms with Crippen molar-refractivity contribution in [3.63, 3.8) is 0 Å². The normalized spacial score (nSPS) is 30.4. The first-order valence-electron chi connectivity index (χ1n) is 3.66. The lowest BCUT2D eigenvalue weighted by Crippen LogP contribution is -2.24. The minimum atomic E-state index is -1.14. The molecule has 3 N–H and O–H groups in total. The van der Waals surface area contributed by atoms with Gasteiger partial charge in [-0.1, -0.05) is 0 Å². The highest BCUT2D eigenvalue weighted by atomic mass is 16.4. The van der Waals surface area contributed by atoms with Gasteiger partial charge in [0.05, 0.1) is 17.9 Å². The van der Waals surface area contributed by atoms with Gasteiger partial charge in [0, 0.05) is 0 Å². The second-order valence-electron chi connectivity index (χ2n) is 3.01. The SMILES string of the molecule is O=C(O)[C@H]1CC(O)C[C@@H]1C(=O)O. The fourth-order valence-electron chi connectivity index (χ4n) is 1.56. The van der Waals surface area contributed by atoms with E-state index in [1.165, 1.54) is 0 Å². The van der Waals surface area contributed by atoms with Gasteiger partial charge in [0.15, 0.2) is 0 Å². The quantitative estimate of drug-likeness (QED) is 0.526. The van der Waals surface area contributed by atoms with Crippen LogP contribution in [0.2, 0.25) is 0 Å². The average molecular weight is 174 g/mol. The van der Waals surface area contributed by atoms with Gasteiger partial charge in [0.1, 0.15) is 0 Å². The summed E-state index contributed by atoms with van der Waals surface area (Å²) in [6.45, 7) is 0. The third kappa shape index (κ3) is 1.55. The fourth-order valence-corrected chi connectivity index (χ4v) is 1.56. The molecule has 12 heavy (non-hydrogen) atoms. The molecule has 5 heteroatoms. The van der Waals surface area contributed by atoms with Crippen LogP contribution in [0.4, 0.5) is 0 Å². The van der Waals surface area contributed by atoms with Crippen molar-refractivity contribution in [1.82, 2.24) is 0 Å². The minimum absolute atomic E-state index is 0.0479. The number of carboxylic acids is 2. The number of aliphatic hydroxyl groups excluding tert-OH is 1. The van der Waals surface area contributed by atoms with E-state index in [9.17, 15) is 9.59 Å². The summed E-state index contributed by atoms with van der Waals surface area (Å²) < 4.78 is 0. The molecule has 0 aromatic carbocycles. The smallest absolute Gasteiger partial charge is 0.307 e. The van der Waals surface area contributed by atoms with Crippen molar-refractivity contribution in [3.8, 4) is 0 Å². The molecule has 1 aliphatic rings. The van der Waals surface area contributed by atoms with E-state index in [1.54, 1.807) is 0 Å². The molecule has 0 aromatic heterocycles. The van der Waals surface area contributed by atoms with E-state index in [-0.39, 0.29) is 12.8 Å². The number of aliphatic carboxylic acids is 2. The lowest BCUT2D eigenvalue weighted by molar-refractivity contribution is -0.152. The van der Waals surface area contributed by atoms with Crippen LogP contribution >= 0.6 is 0 Å². The average Bonchev–Trinajstić information content (AvgIpc) is 2.31. The van der Waals surface area contributed by atoms with E-state index in [0.29, 0.717) is 0 Å². The Kier molecular flexibility index (Phi) is 2.32. The molecule has 0 aromatic rings. The first kappa shape index (κ1) is 8.99. The van der Waals surface area contributed by atoms with Crippen LogP contribution in [0.5, 0.6) is 0 Å². The van der Waals surface area contributed by atoms with Crippen molar-refractivity contribution in [2.24, 2.45) is 11.8 Å². The van der Waals surface area contributed by atoms with Crippen molar-refractivity contribution in [1.29, 1.82) is 0 Å². The third-order valence-corrected chi connectivity index (χ3v) is 2.17. The number of aliphatic hydroxyl groups is 1. The molecule has 0 aliphatic heterocycles. The molecule has 0 heterocycles. The number of carboxylic acid groups (broad SMARTS) is 2. The molecule has 0 amide bonds. The third-order valence-electron chi connectivity index (χ3n) is 2.17. The molecule has 0 unspecified atom stereocenters. The van der Waals surface area contributed by atoms with Gasteiger partial charge in [0.2, 0.25) is 0 Å². The lowest BCUT2D eigenvalue weighted by Gasteiger charge is -2.08. The number of carbonyl (C=O) groups is 2. The molecule has 0 radical (unpaired) electrons. The van der Waals surface area contributed by atoms with Gasteiger partial charge in [-0.3, -0.25) is 9.59 Å². The maximum atomic E-state index is 10.5. The first-order chi connectivity index (χ1) is 5.52. The molecule has 1 aliphatic carbocycles. The van der Waals surface area contributed by atoms with Crippen LogP contribution in [0.25, 0.3) is 0 Å². The second kappa shape index (κ2) is 3.10. The van der Waals surface area contributed by atoms with Crippen LogP contribution in [-0.2, 0) is 9.59 Å². The van der Waals surface area contributed by atoms with Crippen LogP contribution in [0.15, 0.2) is 0 Å². The Balaban J connectivity index is 2.72.